The van der Waals surface area contributed by atoms with Crippen LogP contribution in [-0.2, 0) is 6.54 Å². The molecule has 4 nitrogen and oxygen atoms in total. The van der Waals surface area contributed by atoms with E-state index in [0.717, 1.165) is 22.4 Å². The predicted octanol–water partition coefficient (Wildman–Crippen LogP) is 2.06. The van der Waals surface area contributed by atoms with Gasteiger partial charge in [-0.2, -0.15) is 0 Å². The van der Waals surface area contributed by atoms with Crippen LogP contribution in [0.5, 0.6) is 0 Å². The van der Waals surface area contributed by atoms with Crippen molar-refractivity contribution < 1.29 is 0 Å². The first-order valence-electron chi connectivity index (χ1n) is 5.03. The summed E-state index contributed by atoms with van der Waals surface area (Å²) >= 11 is 3.48. The Balaban J connectivity index is 2.31. The summed E-state index contributed by atoms with van der Waals surface area (Å²) in [5, 5.41) is 11.2. The van der Waals surface area contributed by atoms with Crippen LogP contribution >= 0.6 is 15.9 Å². The molecule has 5 heteroatoms. The maximum atomic E-state index is 4.09. The van der Waals surface area contributed by atoms with Gasteiger partial charge in [0.1, 0.15) is 0 Å². The number of halogens is 1. The first kappa shape index (κ1) is 11.3. The van der Waals surface area contributed by atoms with Gasteiger partial charge in [-0.05, 0) is 37.7 Å². The molecule has 0 bridgehead atoms. The fourth-order valence-corrected chi connectivity index (χ4v) is 1.70. The molecule has 2 rings (SSSR count). The standard InChI is InChI=1S/C11H13BrN4/c1-8-5-10(3-4-11(8)12)16-7-9(6-13-2)14-15-16/h3-5,7,13H,6H2,1-2H3. The third kappa shape index (κ3) is 2.31. The van der Waals surface area contributed by atoms with Gasteiger partial charge in [-0.3, -0.25) is 0 Å². The maximum Gasteiger partial charge on any atom is 0.0969 e. The van der Waals surface area contributed by atoms with Gasteiger partial charge in [0.05, 0.1) is 17.6 Å². The highest BCUT2D eigenvalue weighted by Gasteiger charge is 2.03. The number of benzene rings is 1. The van der Waals surface area contributed by atoms with Crippen molar-refractivity contribution in [2.24, 2.45) is 0 Å². The molecular formula is C11H13BrN4. The molecule has 0 aliphatic heterocycles. The molecule has 0 fully saturated rings. The van der Waals surface area contributed by atoms with E-state index in [1.54, 1.807) is 4.68 Å². The van der Waals surface area contributed by atoms with E-state index in [0.29, 0.717) is 0 Å². The normalized spacial score (nSPS) is 10.7. The number of hydrogen-bond acceptors (Lipinski definition) is 3. The highest BCUT2D eigenvalue weighted by Crippen LogP contribution is 2.18. The highest BCUT2D eigenvalue weighted by molar-refractivity contribution is 9.10. The van der Waals surface area contributed by atoms with Crippen molar-refractivity contribution in [3.63, 3.8) is 0 Å². The molecule has 2 aromatic rings. The Morgan fingerprint density at radius 3 is 2.94 bits per heavy atom. The highest BCUT2D eigenvalue weighted by atomic mass is 79.9. The summed E-state index contributed by atoms with van der Waals surface area (Å²) < 4.78 is 2.89. The van der Waals surface area contributed by atoms with Crippen molar-refractivity contribution in [2.45, 2.75) is 13.5 Å². The second-order valence-electron chi connectivity index (χ2n) is 3.62. The molecule has 0 atom stereocenters. The van der Waals surface area contributed by atoms with E-state index in [2.05, 4.69) is 44.5 Å². The van der Waals surface area contributed by atoms with E-state index in [-0.39, 0.29) is 0 Å². The smallest absolute Gasteiger partial charge is 0.0969 e. The van der Waals surface area contributed by atoms with Crippen molar-refractivity contribution in [2.75, 3.05) is 7.05 Å². The first-order valence-corrected chi connectivity index (χ1v) is 5.82. The van der Waals surface area contributed by atoms with E-state index < -0.39 is 0 Å². The van der Waals surface area contributed by atoms with Crippen LogP contribution in [0.15, 0.2) is 28.9 Å². The van der Waals surface area contributed by atoms with Crippen molar-refractivity contribution in [3.8, 4) is 5.69 Å². The average Bonchev–Trinajstić information content (AvgIpc) is 2.71. The topological polar surface area (TPSA) is 42.7 Å². The number of rotatable bonds is 3. The van der Waals surface area contributed by atoms with E-state index in [4.69, 9.17) is 0 Å². The summed E-state index contributed by atoms with van der Waals surface area (Å²) in [5.74, 6) is 0. The maximum absolute atomic E-state index is 4.09. The summed E-state index contributed by atoms with van der Waals surface area (Å²) in [6.07, 6.45) is 1.93. The first-order chi connectivity index (χ1) is 7.70. The summed E-state index contributed by atoms with van der Waals surface area (Å²) in [7, 11) is 1.89. The molecule has 16 heavy (non-hydrogen) atoms. The molecule has 1 aromatic carbocycles. The Labute approximate surface area is 103 Å². The molecule has 1 heterocycles. The van der Waals surface area contributed by atoms with Gasteiger partial charge in [0.15, 0.2) is 0 Å². The quantitative estimate of drug-likeness (QED) is 0.936. The molecule has 0 aliphatic rings. The predicted molar refractivity (Wildman–Crippen MR) is 66.6 cm³/mol. The number of aryl methyl sites for hydroxylation is 1. The Bertz CT molecular complexity index is 492. The van der Waals surface area contributed by atoms with Crippen LogP contribution in [0.1, 0.15) is 11.3 Å². The SMILES string of the molecule is CNCc1cn(-c2ccc(Br)c(C)c2)nn1. The Hall–Kier alpha value is -1.20. The molecular weight excluding hydrogens is 268 g/mol. The van der Waals surface area contributed by atoms with Gasteiger partial charge in [-0.25, -0.2) is 4.68 Å². The van der Waals surface area contributed by atoms with E-state index in [1.165, 1.54) is 5.56 Å². The fraction of sp³-hybridized carbons (Fsp3) is 0.273. The molecule has 84 valence electrons. The zero-order chi connectivity index (χ0) is 11.5. The van der Waals surface area contributed by atoms with Crippen LogP contribution in [0, 0.1) is 6.92 Å². The zero-order valence-electron chi connectivity index (χ0n) is 9.24. The minimum absolute atomic E-state index is 0.732. The number of hydrogen-bond donors (Lipinski definition) is 1. The van der Waals surface area contributed by atoms with Crippen LogP contribution < -0.4 is 5.32 Å². The van der Waals surface area contributed by atoms with Gasteiger partial charge in [-0.15, -0.1) is 5.10 Å². The van der Waals surface area contributed by atoms with Crippen molar-refractivity contribution in [1.82, 2.24) is 20.3 Å². The summed E-state index contributed by atoms with van der Waals surface area (Å²) in [6, 6.07) is 6.10. The third-order valence-electron chi connectivity index (χ3n) is 2.30. The monoisotopic (exact) mass is 280 g/mol. The van der Waals surface area contributed by atoms with Gasteiger partial charge in [0.25, 0.3) is 0 Å². The Kier molecular flexibility index (Phi) is 3.36. The van der Waals surface area contributed by atoms with Gasteiger partial charge in [0.2, 0.25) is 0 Å². The van der Waals surface area contributed by atoms with Crippen molar-refractivity contribution in [1.29, 1.82) is 0 Å². The van der Waals surface area contributed by atoms with E-state index in [1.807, 2.05) is 25.4 Å². The largest absolute Gasteiger partial charge is 0.314 e. The lowest BCUT2D eigenvalue weighted by Gasteiger charge is -2.02. The molecule has 0 unspecified atom stereocenters. The molecule has 0 radical (unpaired) electrons. The van der Waals surface area contributed by atoms with Gasteiger partial charge >= 0.3 is 0 Å². The lowest BCUT2D eigenvalue weighted by Crippen LogP contribution is -2.04. The molecule has 0 saturated carbocycles. The number of aromatic nitrogens is 3. The van der Waals surface area contributed by atoms with Gasteiger partial charge in [-0.1, -0.05) is 21.1 Å². The van der Waals surface area contributed by atoms with Crippen molar-refractivity contribution in [3.05, 3.63) is 40.1 Å². The molecule has 0 saturated heterocycles. The summed E-state index contributed by atoms with van der Waals surface area (Å²) in [5.41, 5.74) is 3.14. The summed E-state index contributed by atoms with van der Waals surface area (Å²) in [4.78, 5) is 0. The second kappa shape index (κ2) is 4.76. The van der Waals surface area contributed by atoms with Crippen LogP contribution in [0.2, 0.25) is 0 Å². The average molecular weight is 281 g/mol. The Morgan fingerprint density at radius 1 is 1.44 bits per heavy atom. The van der Waals surface area contributed by atoms with Crippen LogP contribution in [0.3, 0.4) is 0 Å². The zero-order valence-corrected chi connectivity index (χ0v) is 10.8. The van der Waals surface area contributed by atoms with Crippen LogP contribution in [-0.4, -0.2) is 22.0 Å². The van der Waals surface area contributed by atoms with Crippen LogP contribution in [0.4, 0.5) is 0 Å². The lowest BCUT2D eigenvalue weighted by molar-refractivity contribution is 0.766. The molecule has 1 N–H and O–H groups in total. The van der Waals surface area contributed by atoms with E-state index >= 15 is 0 Å². The molecule has 0 amide bonds. The fourth-order valence-electron chi connectivity index (χ4n) is 1.46. The summed E-state index contributed by atoms with van der Waals surface area (Å²) in [6.45, 7) is 2.79. The minimum atomic E-state index is 0.732. The van der Waals surface area contributed by atoms with E-state index in [9.17, 15) is 0 Å². The Morgan fingerprint density at radius 2 is 2.25 bits per heavy atom. The van der Waals surface area contributed by atoms with Gasteiger partial charge in [0, 0.05) is 11.0 Å². The molecule has 1 aromatic heterocycles. The lowest BCUT2D eigenvalue weighted by atomic mass is 10.2. The minimum Gasteiger partial charge on any atom is -0.314 e. The van der Waals surface area contributed by atoms with Gasteiger partial charge < -0.3 is 5.32 Å². The second-order valence-corrected chi connectivity index (χ2v) is 4.47. The van der Waals surface area contributed by atoms with Crippen LogP contribution in [0.25, 0.3) is 5.69 Å². The number of nitrogens with zero attached hydrogens (tertiary/aromatic N) is 3. The van der Waals surface area contributed by atoms with Crippen molar-refractivity contribution >= 4 is 15.9 Å². The molecule has 0 spiro atoms. The number of nitrogens with one attached hydrogen (secondary N) is 1. The third-order valence-corrected chi connectivity index (χ3v) is 3.19. The molecule has 0 aliphatic carbocycles.